The van der Waals surface area contributed by atoms with Crippen molar-refractivity contribution in [3.8, 4) is 0 Å². The highest BCUT2D eigenvalue weighted by Crippen LogP contribution is 2.21. The largest absolute Gasteiger partial charge is 0.464 e. The van der Waals surface area contributed by atoms with Gasteiger partial charge in [0.2, 0.25) is 0 Å². The van der Waals surface area contributed by atoms with E-state index in [1.54, 1.807) is 18.3 Å². The number of esters is 1. The molecule has 1 aromatic rings. The minimum Gasteiger partial charge on any atom is -0.464 e. The van der Waals surface area contributed by atoms with Crippen LogP contribution >= 0.6 is 11.3 Å². The van der Waals surface area contributed by atoms with Gasteiger partial charge in [0, 0.05) is 9.75 Å². The Morgan fingerprint density at radius 1 is 1.56 bits per heavy atom. The maximum atomic E-state index is 11.0. The zero-order valence-electron chi connectivity index (χ0n) is 9.56. The standard InChI is InChI=1S/C11H17NO3S/c1-3-15-11(13)7-14-6-9(12)10-5-4-8(2)16-10/h4-5,9H,3,6-7,12H2,1-2H3. The first-order valence-corrected chi connectivity index (χ1v) is 6.00. The van der Waals surface area contributed by atoms with Crippen LogP contribution in [-0.4, -0.2) is 25.8 Å². The Hall–Kier alpha value is -0.910. The molecule has 0 aliphatic heterocycles. The summed E-state index contributed by atoms with van der Waals surface area (Å²) in [7, 11) is 0. The first-order chi connectivity index (χ1) is 7.63. The number of hydrogen-bond acceptors (Lipinski definition) is 5. The van der Waals surface area contributed by atoms with E-state index in [4.69, 9.17) is 15.2 Å². The molecule has 0 radical (unpaired) electrons. The highest BCUT2D eigenvalue weighted by atomic mass is 32.1. The van der Waals surface area contributed by atoms with Gasteiger partial charge < -0.3 is 15.2 Å². The van der Waals surface area contributed by atoms with Crippen LogP contribution in [0.25, 0.3) is 0 Å². The lowest BCUT2D eigenvalue weighted by atomic mass is 10.3. The third-order valence-corrected chi connectivity index (χ3v) is 3.08. The summed E-state index contributed by atoms with van der Waals surface area (Å²) in [4.78, 5) is 13.3. The smallest absolute Gasteiger partial charge is 0.332 e. The van der Waals surface area contributed by atoms with Gasteiger partial charge in [-0.25, -0.2) is 4.79 Å². The summed E-state index contributed by atoms with van der Waals surface area (Å²) >= 11 is 1.64. The van der Waals surface area contributed by atoms with E-state index in [1.165, 1.54) is 4.88 Å². The molecule has 1 heterocycles. The van der Waals surface area contributed by atoms with Crippen LogP contribution in [0.4, 0.5) is 0 Å². The number of carbonyl (C=O) groups is 1. The number of carbonyl (C=O) groups excluding carboxylic acids is 1. The molecule has 5 heteroatoms. The summed E-state index contributed by atoms with van der Waals surface area (Å²) in [5.74, 6) is -0.350. The van der Waals surface area contributed by atoms with E-state index in [9.17, 15) is 4.79 Å². The van der Waals surface area contributed by atoms with Crippen molar-refractivity contribution in [2.24, 2.45) is 5.73 Å². The molecule has 0 aliphatic carbocycles. The molecule has 0 aliphatic rings. The third-order valence-electron chi connectivity index (χ3n) is 1.95. The van der Waals surface area contributed by atoms with Crippen molar-refractivity contribution in [3.63, 3.8) is 0 Å². The molecule has 0 aromatic carbocycles. The molecule has 2 N–H and O–H groups in total. The average Bonchev–Trinajstić information content (AvgIpc) is 2.65. The fraction of sp³-hybridized carbons (Fsp3) is 0.545. The van der Waals surface area contributed by atoms with Crippen LogP contribution in [0.2, 0.25) is 0 Å². The fourth-order valence-corrected chi connectivity index (χ4v) is 2.07. The minimum absolute atomic E-state index is 0.0358. The molecule has 0 spiro atoms. The molecule has 0 amide bonds. The average molecular weight is 243 g/mol. The van der Waals surface area contributed by atoms with Crippen LogP contribution in [0.15, 0.2) is 12.1 Å². The Morgan fingerprint density at radius 2 is 2.31 bits per heavy atom. The van der Waals surface area contributed by atoms with Crippen molar-refractivity contribution in [2.75, 3.05) is 19.8 Å². The fourth-order valence-electron chi connectivity index (χ4n) is 1.21. The van der Waals surface area contributed by atoms with Gasteiger partial charge in [-0.15, -0.1) is 11.3 Å². The summed E-state index contributed by atoms with van der Waals surface area (Å²) < 4.78 is 9.91. The van der Waals surface area contributed by atoms with E-state index >= 15 is 0 Å². The molecule has 0 saturated carbocycles. The lowest BCUT2D eigenvalue weighted by Crippen LogP contribution is -2.20. The van der Waals surface area contributed by atoms with Crippen LogP contribution in [-0.2, 0) is 14.3 Å². The summed E-state index contributed by atoms with van der Waals surface area (Å²) in [5.41, 5.74) is 5.90. The molecule has 0 saturated heterocycles. The lowest BCUT2D eigenvalue weighted by Gasteiger charge is -2.09. The van der Waals surface area contributed by atoms with Gasteiger partial charge in [0.1, 0.15) is 6.61 Å². The van der Waals surface area contributed by atoms with Gasteiger partial charge in [-0.3, -0.25) is 0 Å². The van der Waals surface area contributed by atoms with Crippen LogP contribution in [0.1, 0.15) is 22.7 Å². The molecule has 90 valence electrons. The van der Waals surface area contributed by atoms with E-state index in [0.29, 0.717) is 13.2 Å². The number of rotatable bonds is 6. The summed E-state index contributed by atoms with van der Waals surface area (Å²) in [5, 5.41) is 0. The van der Waals surface area contributed by atoms with Crippen molar-refractivity contribution < 1.29 is 14.3 Å². The van der Waals surface area contributed by atoms with Gasteiger partial charge in [-0.2, -0.15) is 0 Å². The van der Waals surface area contributed by atoms with Gasteiger partial charge >= 0.3 is 5.97 Å². The molecular weight excluding hydrogens is 226 g/mol. The monoisotopic (exact) mass is 243 g/mol. The zero-order chi connectivity index (χ0) is 12.0. The second-order valence-corrected chi connectivity index (χ2v) is 4.69. The Kier molecular flexibility index (Phi) is 5.45. The van der Waals surface area contributed by atoms with E-state index in [0.717, 1.165) is 4.88 Å². The van der Waals surface area contributed by atoms with Crippen LogP contribution in [0, 0.1) is 6.92 Å². The number of thiophene rings is 1. The molecule has 1 atom stereocenters. The second-order valence-electron chi connectivity index (χ2n) is 3.38. The van der Waals surface area contributed by atoms with Crippen LogP contribution in [0.3, 0.4) is 0 Å². The quantitative estimate of drug-likeness (QED) is 0.771. The van der Waals surface area contributed by atoms with Crippen LogP contribution in [0.5, 0.6) is 0 Å². The number of ether oxygens (including phenoxy) is 2. The topological polar surface area (TPSA) is 61.5 Å². The summed E-state index contributed by atoms with van der Waals surface area (Å²) in [6, 6.07) is 3.83. The normalized spacial score (nSPS) is 12.4. The van der Waals surface area contributed by atoms with Crippen molar-refractivity contribution in [3.05, 3.63) is 21.9 Å². The van der Waals surface area contributed by atoms with Crippen molar-refractivity contribution in [1.29, 1.82) is 0 Å². The van der Waals surface area contributed by atoms with Crippen molar-refractivity contribution in [2.45, 2.75) is 19.9 Å². The summed E-state index contributed by atoms with van der Waals surface area (Å²) in [6.07, 6.45) is 0. The minimum atomic E-state index is -0.350. The number of aryl methyl sites for hydroxylation is 1. The maximum absolute atomic E-state index is 11.0. The van der Waals surface area contributed by atoms with Crippen molar-refractivity contribution >= 4 is 17.3 Å². The van der Waals surface area contributed by atoms with Gasteiger partial charge in [0.15, 0.2) is 0 Å². The molecule has 0 bridgehead atoms. The Bertz CT molecular complexity index is 338. The van der Waals surface area contributed by atoms with E-state index in [2.05, 4.69) is 0 Å². The van der Waals surface area contributed by atoms with E-state index in [-0.39, 0.29) is 18.6 Å². The Labute approximate surface area is 99.4 Å². The number of hydrogen-bond donors (Lipinski definition) is 1. The Morgan fingerprint density at radius 3 is 2.88 bits per heavy atom. The van der Waals surface area contributed by atoms with Gasteiger partial charge in [-0.05, 0) is 26.0 Å². The third kappa shape index (κ3) is 4.30. The predicted molar refractivity (Wildman–Crippen MR) is 63.4 cm³/mol. The molecule has 1 unspecified atom stereocenters. The highest BCUT2D eigenvalue weighted by molar-refractivity contribution is 7.12. The molecule has 1 rings (SSSR count). The van der Waals surface area contributed by atoms with Gasteiger partial charge in [0.25, 0.3) is 0 Å². The van der Waals surface area contributed by atoms with Gasteiger partial charge in [0.05, 0.1) is 19.3 Å². The molecule has 1 aromatic heterocycles. The first kappa shape index (κ1) is 13.2. The second kappa shape index (κ2) is 6.62. The predicted octanol–water partition coefficient (Wildman–Crippen LogP) is 1.64. The maximum Gasteiger partial charge on any atom is 0.332 e. The summed E-state index contributed by atoms with van der Waals surface area (Å²) in [6.45, 7) is 4.46. The first-order valence-electron chi connectivity index (χ1n) is 5.18. The molecule has 4 nitrogen and oxygen atoms in total. The lowest BCUT2D eigenvalue weighted by molar-refractivity contribution is -0.148. The van der Waals surface area contributed by atoms with E-state index in [1.807, 2.05) is 19.1 Å². The molecular formula is C11H17NO3S. The highest BCUT2D eigenvalue weighted by Gasteiger charge is 2.09. The zero-order valence-corrected chi connectivity index (χ0v) is 10.4. The van der Waals surface area contributed by atoms with Crippen molar-refractivity contribution in [1.82, 2.24) is 0 Å². The number of nitrogens with two attached hydrogens (primary N) is 1. The van der Waals surface area contributed by atoms with E-state index < -0.39 is 0 Å². The van der Waals surface area contributed by atoms with Crippen LogP contribution < -0.4 is 5.73 Å². The Balaban J connectivity index is 2.25. The molecule has 0 fully saturated rings. The van der Waals surface area contributed by atoms with Gasteiger partial charge in [-0.1, -0.05) is 0 Å². The SMILES string of the molecule is CCOC(=O)COCC(N)c1ccc(C)s1. The molecule has 16 heavy (non-hydrogen) atoms.